The number of hydrazine groups is 1. The van der Waals surface area contributed by atoms with Crippen LogP contribution in [0.3, 0.4) is 0 Å². The Kier molecular flexibility index (Phi) is 6.68. The minimum absolute atomic E-state index is 0.0395. The Morgan fingerprint density at radius 1 is 1.00 bits per heavy atom. The monoisotopic (exact) mass is 455 g/mol. The standard InChI is InChI=1S/C19H13ClF3N3O3S/c20-13-4-1-11(2-5-13)17(27)25-26-18(28)15-7-6-14(29-15)10-30-16-8-3-12(9-24-16)19(21,22)23/h1-9H,10H2,(H,25,27)(H,26,28). The summed E-state index contributed by atoms with van der Waals surface area (Å²) >= 11 is 6.90. The van der Waals surface area contributed by atoms with Crippen molar-refractivity contribution in [2.75, 3.05) is 0 Å². The van der Waals surface area contributed by atoms with Crippen LogP contribution in [0.2, 0.25) is 5.02 Å². The molecule has 0 radical (unpaired) electrons. The first-order valence-electron chi connectivity index (χ1n) is 8.33. The van der Waals surface area contributed by atoms with Crippen molar-refractivity contribution in [2.24, 2.45) is 0 Å². The zero-order valence-electron chi connectivity index (χ0n) is 15.0. The van der Waals surface area contributed by atoms with Gasteiger partial charge >= 0.3 is 12.1 Å². The first kappa shape index (κ1) is 21.7. The molecule has 0 fully saturated rings. The smallest absolute Gasteiger partial charge is 0.417 e. The first-order valence-corrected chi connectivity index (χ1v) is 9.70. The lowest BCUT2D eigenvalue weighted by molar-refractivity contribution is -0.137. The van der Waals surface area contributed by atoms with Gasteiger partial charge in [-0.25, -0.2) is 4.98 Å². The highest BCUT2D eigenvalue weighted by Gasteiger charge is 2.30. The molecule has 1 aromatic carbocycles. The van der Waals surface area contributed by atoms with E-state index < -0.39 is 23.6 Å². The van der Waals surface area contributed by atoms with E-state index in [0.29, 0.717) is 21.4 Å². The zero-order chi connectivity index (χ0) is 21.7. The van der Waals surface area contributed by atoms with Gasteiger partial charge in [-0.1, -0.05) is 23.4 Å². The van der Waals surface area contributed by atoms with E-state index in [1.54, 1.807) is 18.2 Å². The normalized spacial score (nSPS) is 11.2. The Labute approximate surface area is 177 Å². The number of amides is 2. The molecule has 3 aromatic rings. The van der Waals surface area contributed by atoms with Gasteiger partial charge in [-0.05, 0) is 48.5 Å². The molecular formula is C19H13ClF3N3O3S. The molecule has 2 amide bonds. The van der Waals surface area contributed by atoms with Crippen LogP contribution >= 0.6 is 23.4 Å². The van der Waals surface area contributed by atoms with Crippen LogP contribution in [0, 0.1) is 0 Å². The van der Waals surface area contributed by atoms with E-state index in [2.05, 4.69) is 15.8 Å². The highest BCUT2D eigenvalue weighted by molar-refractivity contribution is 7.98. The average Bonchev–Trinajstić information content (AvgIpc) is 3.19. The fourth-order valence-electron chi connectivity index (χ4n) is 2.20. The minimum Gasteiger partial charge on any atom is -0.455 e. The summed E-state index contributed by atoms with van der Waals surface area (Å²) in [5.74, 6) is -0.571. The summed E-state index contributed by atoms with van der Waals surface area (Å²) < 4.78 is 43.0. The van der Waals surface area contributed by atoms with Gasteiger partial charge in [-0.15, -0.1) is 0 Å². The van der Waals surface area contributed by atoms with Crippen molar-refractivity contribution in [3.63, 3.8) is 0 Å². The average molecular weight is 456 g/mol. The summed E-state index contributed by atoms with van der Waals surface area (Å²) in [5, 5.41) is 0.851. The summed E-state index contributed by atoms with van der Waals surface area (Å²) in [7, 11) is 0. The van der Waals surface area contributed by atoms with Gasteiger partial charge in [0.05, 0.1) is 16.3 Å². The molecule has 0 atom stereocenters. The van der Waals surface area contributed by atoms with Gasteiger partial charge in [0, 0.05) is 16.8 Å². The lowest BCUT2D eigenvalue weighted by Crippen LogP contribution is -2.41. The number of halogens is 4. The zero-order valence-corrected chi connectivity index (χ0v) is 16.6. The van der Waals surface area contributed by atoms with Crippen molar-refractivity contribution >= 4 is 35.2 Å². The second-order valence-corrected chi connectivity index (χ2v) is 7.28. The predicted octanol–water partition coefficient (Wildman–Crippen LogP) is 4.71. The third kappa shape index (κ3) is 5.77. The number of nitrogens with zero attached hydrogens (tertiary/aromatic N) is 1. The van der Waals surface area contributed by atoms with Crippen LogP contribution in [0.4, 0.5) is 13.2 Å². The van der Waals surface area contributed by atoms with Crippen molar-refractivity contribution in [3.8, 4) is 0 Å². The molecule has 11 heteroatoms. The molecule has 3 rings (SSSR count). The van der Waals surface area contributed by atoms with Gasteiger partial charge in [0.2, 0.25) is 0 Å². The number of nitrogens with one attached hydrogen (secondary N) is 2. The number of carbonyl (C=O) groups is 2. The summed E-state index contributed by atoms with van der Waals surface area (Å²) in [4.78, 5) is 27.8. The SMILES string of the molecule is O=C(NNC(=O)c1ccc(CSc2ccc(C(F)(F)F)cn2)o1)c1ccc(Cl)cc1. The fourth-order valence-corrected chi connectivity index (χ4v) is 3.07. The number of aromatic nitrogens is 1. The molecule has 0 aliphatic heterocycles. The number of rotatable bonds is 5. The van der Waals surface area contributed by atoms with E-state index in [0.717, 1.165) is 24.0 Å². The topological polar surface area (TPSA) is 84.2 Å². The van der Waals surface area contributed by atoms with Crippen LogP contribution in [0.5, 0.6) is 0 Å². The van der Waals surface area contributed by atoms with Crippen LogP contribution in [0.1, 0.15) is 32.2 Å². The van der Waals surface area contributed by atoms with E-state index in [4.69, 9.17) is 16.0 Å². The fraction of sp³-hybridized carbons (Fsp3) is 0.105. The molecule has 6 nitrogen and oxygen atoms in total. The maximum Gasteiger partial charge on any atom is 0.417 e. The molecule has 30 heavy (non-hydrogen) atoms. The molecule has 156 valence electrons. The van der Waals surface area contributed by atoms with E-state index in [9.17, 15) is 22.8 Å². The van der Waals surface area contributed by atoms with Crippen LogP contribution < -0.4 is 10.9 Å². The molecule has 0 unspecified atom stereocenters. The Morgan fingerprint density at radius 2 is 1.70 bits per heavy atom. The summed E-state index contributed by atoms with van der Waals surface area (Å²) in [6, 6.07) is 11.3. The molecule has 0 bridgehead atoms. The number of furan rings is 1. The number of thioether (sulfide) groups is 1. The highest BCUT2D eigenvalue weighted by Crippen LogP contribution is 2.30. The molecule has 0 spiro atoms. The van der Waals surface area contributed by atoms with Crippen molar-refractivity contribution < 1.29 is 27.2 Å². The van der Waals surface area contributed by atoms with Gasteiger partial charge in [-0.2, -0.15) is 13.2 Å². The Bertz CT molecular complexity index is 1040. The van der Waals surface area contributed by atoms with Gasteiger partial charge in [-0.3, -0.25) is 20.4 Å². The number of pyridine rings is 1. The molecule has 0 aliphatic rings. The van der Waals surface area contributed by atoms with Gasteiger partial charge in [0.25, 0.3) is 5.91 Å². The summed E-state index contributed by atoms with van der Waals surface area (Å²) in [6.45, 7) is 0. The molecule has 0 saturated carbocycles. The van der Waals surface area contributed by atoms with Crippen molar-refractivity contribution in [1.82, 2.24) is 15.8 Å². The van der Waals surface area contributed by atoms with Crippen molar-refractivity contribution in [2.45, 2.75) is 17.0 Å². The van der Waals surface area contributed by atoms with Crippen LogP contribution in [0.25, 0.3) is 0 Å². The maximum atomic E-state index is 12.5. The Morgan fingerprint density at radius 3 is 2.33 bits per heavy atom. The van der Waals surface area contributed by atoms with Gasteiger partial charge in [0.1, 0.15) is 5.76 Å². The number of hydrogen-bond donors (Lipinski definition) is 2. The molecule has 0 aliphatic carbocycles. The second kappa shape index (κ2) is 9.23. The van der Waals surface area contributed by atoms with Crippen molar-refractivity contribution in [3.05, 3.63) is 82.4 Å². The van der Waals surface area contributed by atoms with Crippen LogP contribution in [-0.4, -0.2) is 16.8 Å². The van der Waals surface area contributed by atoms with E-state index >= 15 is 0 Å². The second-order valence-electron chi connectivity index (χ2n) is 5.85. The number of benzene rings is 1. The molecular weight excluding hydrogens is 443 g/mol. The van der Waals surface area contributed by atoms with E-state index in [-0.39, 0.29) is 11.5 Å². The van der Waals surface area contributed by atoms with E-state index in [1.165, 1.54) is 24.3 Å². The highest BCUT2D eigenvalue weighted by atomic mass is 35.5. The lowest BCUT2D eigenvalue weighted by atomic mass is 10.2. The summed E-state index contributed by atoms with van der Waals surface area (Å²) in [5.41, 5.74) is 3.96. The quantitative estimate of drug-likeness (QED) is 0.430. The van der Waals surface area contributed by atoms with Gasteiger partial charge in [0.15, 0.2) is 5.76 Å². The van der Waals surface area contributed by atoms with Crippen LogP contribution in [-0.2, 0) is 11.9 Å². The van der Waals surface area contributed by atoms with Crippen molar-refractivity contribution in [1.29, 1.82) is 0 Å². The molecule has 2 N–H and O–H groups in total. The van der Waals surface area contributed by atoms with Gasteiger partial charge < -0.3 is 4.42 Å². The van der Waals surface area contributed by atoms with E-state index in [1.807, 2.05) is 0 Å². The molecule has 2 aromatic heterocycles. The number of carbonyl (C=O) groups excluding carboxylic acids is 2. The Balaban J connectivity index is 1.51. The maximum absolute atomic E-state index is 12.5. The largest absolute Gasteiger partial charge is 0.455 e. The number of hydrogen-bond acceptors (Lipinski definition) is 5. The summed E-state index contributed by atoms with van der Waals surface area (Å²) in [6.07, 6.45) is -3.69. The first-order chi connectivity index (χ1) is 14.2. The minimum atomic E-state index is -4.44. The predicted molar refractivity (Wildman–Crippen MR) is 104 cm³/mol. The number of alkyl halides is 3. The third-order valence-corrected chi connectivity index (χ3v) is 4.93. The van der Waals surface area contributed by atoms with Crippen LogP contribution in [0.15, 0.2) is 64.2 Å². The molecule has 2 heterocycles. The lowest BCUT2D eigenvalue weighted by Gasteiger charge is -2.06. The molecule has 0 saturated heterocycles. The third-order valence-electron chi connectivity index (χ3n) is 3.71. The Hall–Kier alpha value is -2.98.